The van der Waals surface area contributed by atoms with E-state index in [0.717, 1.165) is 18.6 Å². The molecule has 106 valence electrons. The molecule has 2 aromatic rings. The van der Waals surface area contributed by atoms with Crippen molar-refractivity contribution in [3.8, 4) is 11.5 Å². The molecule has 0 saturated carbocycles. The van der Waals surface area contributed by atoms with E-state index in [2.05, 4.69) is 31.2 Å². The van der Waals surface area contributed by atoms with Crippen LogP contribution in [0.25, 0.3) is 0 Å². The smallest absolute Gasteiger partial charge is 0.339 e. The van der Waals surface area contributed by atoms with Crippen LogP contribution in [0.4, 0.5) is 0 Å². The third-order valence-electron chi connectivity index (χ3n) is 2.53. The Bertz CT molecular complexity index is 582. The number of carboxylic acid groups (broad SMARTS) is 1. The standard InChI is InChI=1S/C8H10.C7H5ClO4/c1-2-8-6-4-3-5-7-8;8-4-1-3(7(11)12)5(9)2-6(4)10/h3-7H,2H2,1H3;1-2,9-10H,(H,11,12)/p-1. The van der Waals surface area contributed by atoms with Crippen molar-refractivity contribution in [1.29, 1.82) is 0 Å². The van der Waals surface area contributed by atoms with Gasteiger partial charge in [0, 0.05) is 5.02 Å². The molecule has 0 amide bonds. The number of hydrogen-bond donors (Lipinski definition) is 2. The summed E-state index contributed by atoms with van der Waals surface area (Å²) in [6, 6.07) is 12.1. The summed E-state index contributed by atoms with van der Waals surface area (Å²) in [5, 5.41) is 27.9. The second kappa shape index (κ2) is 7.40. The topological polar surface area (TPSA) is 80.6 Å². The van der Waals surface area contributed by atoms with Gasteiger partial charge in [0.25, 0.3) is 0 Å². The minimum atomic E-state index is -1.32. The maximum absolute atomic E-state index is 10.7. The van der Waals surface area contributed by atoms with E-state index in [1.165, 1.54) is 5.56 Å². The van der Waals surface area contributed by atoms with E-state index in [1.807, 2.05) is 6.07 Å². The Morgan fingerprint density at radius 3 is 2.30 bits per heavy atom. The van der Waals surface area contributed by atoms with Gasteiger partial charge in [-0.05, 0) is 24.1 Å². The maximum Gasteiger partial charge on any atom is 0.339 e. The van der Waals surface area contributed by atoms with Crippen molar-refractivity contribution < 1.29 is 20.1 Å². The van der Waals surface area contributed by atoms with Gasteiger partial charge in [0.15, 0.2) is 0 Å². The maximum atomic E-state index is 10.7. The lowest BCUT2D eigenvalue weighted by Crippen LogP contribution is -1.99. The zero-order chi connectivity index (χ0) is 15.1. The molecule has 2 N–H and O–H groups in total. The molecular formula is C15H14ClO4-. The summed E-state index contributed by atoms with van der Waals surface area (Å²) >= 11 is 5.34. The number of hydrogen-bond acceptors (Lipinski definition) is 3. The van der Waals surface area contributed by atoms with Crippen LogP contribution in [-0.4, -0.2) is 16.2 Å². The summed E-state index contributed by atoms with van der Waals surface area (Å²) in [6.45, 7) is 2.16. The molecule has 0 aliphatic heterocycles. The first-order valence-corrected chi connectivity index (χ1v) is 6.30. The van der Waals surface area contributed by atoms with Crippen molar-refractivity contribution in [2.45, 2.75) is 13.3 Å². The van der Waals surface area contributed by atoms with Crippen LogP contribution < -0.4 is 5.11 Å². The van der Waals surface area contributed by atoms with Gasteiger partial charge in [0.05, 0.1) is 0 Å². The van der Waals surface area contributed by atoms with Gasteiger partial charge in [0.2, 0.25) is 0 Å². The van der Waals surface area contributed by atoms with Gasteiger partial charge in [-0.25, -0.2) is 4.79 Å². The summed E-state index contributed by atoms with van der Waals surface area (Å²) in [5.74, 6) is -2.49. The van der Waals surface area contributed by atoms with Crippen LogP contribution >= 0.6 is 11.6 Å². The Morgan fingerprint density at radius 1 is 1.25 bits per heavy atom. The number of phenols is 1. The number of aromatic carboxylic acids is 1. The van der Waals surface area contributed by atoms with E-state index < -0.39 is 17.5 Å². The molecule has 0 aliphatic carbocycles. The molecule has 0 aromatic heterocycles. The normalized spacial score (nSPS) is 9.50. The van der Waals surface area contributed by atoms with Crippen molar-refractivity contribution in [3.63, 3.8) is 0 Å². The average molecular weight is 294 g/mol. The van der Waals surface area contributed by atoms with Crippen molar-refractivity contribution in [2.24, 2.45) is 0 Å². The first-order chi connectivity index (χ1) is 9.45. The van der Waals surface area contributed by atoms with Gasteiger partial charge in [-0.15, -0.1) is 0 Å². The first-order valence-electron chi connectivity index (χ1n) is 5.92. The van der Waals surface area contributed by atoms with Crippen molar-refractivity contribution >= 4 is 17.6 Å². The lowest BCUT2D eigenvalue weighted by atomic mass is 10.2. The van der Waals surface area contributed by atoms with Crippen LogP contribution in [0.5, 0.6) is 11.5 Å². The van der Waals surface area contributed by atoms with Gasteiger partial charge in [0.1, 0.15) is 11.3 Å². The molecule has 0 bridgehead atoms. The minimum absolute atomic E-state index is 0.217. The van der Waals surface area contributed by atoms with Crippen LogP contribution in [0.3, 0.4) is 0 Å². The molecule has 2 aromatic carbocycles. The predicted octanol–water partition coefficient (Wildman–Crippen LogP) is 3.07. The summed E-state index contributed by atoms with van der Waals surface area (Å²) in [4.78, 5) is 10.4. The Hall–Kier alpha value is -2.20. The predicted molar refractivity (Wildman–Crippen MR) is 75.3 cm³/mol. The van der Waals surface area contributed by atoms with Gasteiger partial charge in [-0.2, -0.15) is 0 Å². The molecule has 4 nitrogen and oxygen atoms in total. The Morgan fingerprint density at radius 2 is 1.85 bits per heavy atom. The number of carbonyl (C=O) groups is 1. The van der Waals surface area contributed by atoms with Crippen molar-refractivity contribution in [1.82, 2.24) is 0 Å². The molecular weight excluding hydrogens is 280 g/mol. The number of aromatic hydroxyl groups is 1. The van der Waals surface area contributed by atoms with Gasteiger partial charge < -0.3 is 15.3 Å². The van der Waals surface area contributed by atoms with E-state index in [9.17, 15) is 9.90 Å². The molecule has 20 heavy (non-hydrogen) atoms. The van der Waals surface area contributed by atoms with Crippen molar-refractivity contribution in [3.05, 3.63) is 58.6 Å². The van der Waals surface area contributed by atoms with E-state index in [1.54, 1.807) is 0 Å². The van der Waals surface area contributed by atoms with Crippen LogP contribution in [0, 0.1) is 0 Å². The third-order valence-corrected chi connectivity index (χ3v) is 2.83. The Kier molecular flexibility index (Phi) is 5.87. The molecule has 0 spiro atoms. The molecule has 0 atom stereocenters. The minimum Gasteiger partial charge on any atom is -0.871 e. The van der Waals surface area contributed by atoms with E-state index in [-0.39, 0.29) is 10.6 Å². The van der Waals surface area contributed by atoms with Crippen LogP contribution in [0.2, 0.25) is 5.02 Å². The molecule has 0 aliphatic rings. The zero-order valence-corrected chi connectivity index (χ0v) is 11.6. The lowest BCUT2D eigenvalue weighted by molar-refractivity contribution is -0.268. The van der Waals surface area contributed by atoms with Gasteiger partial charge >= 0.3 is 5.97 Å². The van der Waals surface area contributed by atoms with Gasteiger partial charge in [-0.3, -0.25) is 0 Å². The Labute approximate surface area is 121 Å². The summed E-state index contributed by atoms with van der Waals surface area (Å²) < 4.78 is 0. The number of carboxylic acids is 1. The number of benzene rings is 2. The fourth-order valence-corrected chi connectivity index (χ4v) is 1.59. The van der Waals surface area contributed by atoms with Crippen molar-refractivity contribution in [2.75, 3.05) is 0 Å². The van der Waals surface area contributed by atoms with Crippen LogP contribution in [0.1, 0.15) is 22.8 Å². The fourth-order valence-electron chi connectivity index (χ4n) is 1.43. The number of aryl methyl sites for hydroxylation is 1. The number of rotatable bonds is 2. The molecule has 0 unspecified atom stereocenters. The monoisotopic (exact) mass is 293 g/mol. The highest BCUT2D eigenvalue weighted by Gasteiger charge is 2.09. The lowest BCUT2D eigenvalue weighted by Gasteiger charge is -2.09. The highest BCUT2D eigenvalue weighted by atomic mass is 35.5. The van der Waals surface area contributed by atoms with E-state index in [4.69, 9.17) is 21.8 Å². The highest BCUT2D eigenvalue weighted by molar-refractivity contribution is 6.32. The highest BCUT2D eigenvalue weighted by Crippen LogP contribution is 2.28. The average Bonchev–Trinajstić information content (AvgIpc) is 2.44. The van der Waals surface area contributed by atoms with E-state index in [0.29, 0.717) is 0 Å². The first kappa shape index (κ1) is 15.9. The molecule has 0 radical (unpaired) electrons. The summed E-state index contributed by atoms with van der Waals surface area (Å²) in [7, 11) is 0. The largest absolute Gasteiger partial charge is 0.871 e. The van der Waals surface area contributed by atoms with E-state index >= 15 is 0 Å². The van der Waals surface area contributed by atoms with Crippen LogP contribution in [-0.2, 0) is 6.42 Å². The second-order valence-corrected chi connectivity index (χ2v) is 4.35. The molecule has 5 heteroatoms. The second-order valence-electron chi connectivity index (χ2n) is 3.94. The zero-order valence-electron chi connectivity index (χ0n) is 10.8. The summed E-state index contributed by atoms with van der Waals surface area (Å²) in [6.07, 6.45) is 1.14. The Balaban J connectivity index is 0.000000217. The van der Waals surface area contributed by atoms with Crippen LogP contribution in [0.15, 0.2) is 42.5 Å². The molecule has 0 fully saturated rings. The van der Waals surface area contributed by atoms with Gasteiger partial charge in [-0.1, -0.05) is 54.6 Å². The SMILES string of the molecule is CCc1ccccc1.O=C(O)c1cc(Cl)c([O-])cc1O. The quantitative estimate of drug-likeness (QED) is 0.891. The number of halogens is 1. The third kappa shape index (κ3) is 4.48. The fraction of sp³-hybridized carbons (Fsp3) is 0.133. The summed E-state index contributed by atoms with van der Waals surface area (Å²) in [5.41, 5.74) is 1.03. The molecule has 0 heterocycles. The molecule has 0 saturated heterocycles. The molecule has 2 rings (SSSR count).